The molecule has 0 aliphatic carbocycles. The van der Waals surface area contributed by atoms with Crippen LogP contribution in [0.3, 0.4) is 0 Å². The van der Waals surface area contributed by atoms with Crippen LogP contribution in [-0.4, -0.2) is 35.6 Å². The number of hydrogen-bond acceptors (Lipinski definition) is 5. The zero-order chi connectivity index (χ0) is 12.3. The predicted octanol–water partition coefficient (Wildman–Crippen LogP) is 0.868. The Morgan fingerprint density at radius 3 is 3.00 bits per heavy atom. The predicted molar refractivity (Wildman–Crippen MR) is 54.8 cm³/mol. The molecule has 0 unspecified atom stereocenters. The van der Waals surface area contributed by atoms with Crippen LogP contribution in [0.25, 0.3) is 0 Å². The van der Waals surface area contributed by atoms with Crippen molar-refractivity contribution < 1.29 is 9.18 Å². The molecule has 90 valence electrons. The number of nitrogens with zero attached hydrogens (tertiary/aromatic N) is 6. The smallest absolute Gasteiger partial charge is 0.243 e. The van der Waals surface area contributed by atoms with E-state index >= 15 is 0 Å². The Bertz CT molecular complexity index is 506. The molecule has 2 heterocycles. The lowest BCUT2D eigenvalue weighted by atomic mass is 10.2. The first kappa shape index (κ1) is 11.4. The van der Waals surface area contributed by atoms with Crippen molar-refractivity contribution >= 4 is 6.03 Å². The molecule has 17 heavy (non-hydrogen) atoms. The third-order valence-corrected chi connectivity index (χ3v) is 2.20. The Morgan fingerprint density at radius 2 is 2.35 bits per heavy atom. The highest BCUT2D eigenvalue weighted by Gasteiger charge is 2.17. The number of carbonyl (C=O) groups excluding carboxylic acids is 1. The first-order valence-electron chi connectivity index (χ1n) is 5.23. The highest BCUT2D eigenvalue weighted by Crippen LogP contribution is 2.04. The van der Waals surface area contributed by atoms with Crippen LogP contribution in [0, 0.1) is 6.08 Å². The number of hydrogen-bond donors (Lipinski definition) is 0. The van der Waals surface area contributed by atoms with Crippen LogP contribution in [0.15, 0.2) is 12.7 Å². The lowest BCUT2D eigenvalue weighted by Gasteiger charge is -2.02. The summed E-state index contributed by atoms with van der Waals surface area (Å²) >= 11 is 0. The van der Waals surface area contributed by atoms with Gasteiger partial charge in [-0.25, -0.2) is 9.78 Å². The Morgan fingerprint density at radius 1 is 1.53 bits per heavy atom. The van der Waals surface area contributed by atoms with Crippen LogP contribution >= 0.6 is 0 Å². The van der Waals surface area contributed by atoms with Gasteiger partial charge in [-0.1, -0.05) is 13.3 Å². The maximum Gasteiger partial charge on any atom is 0.372 e. The van der Waals surface area contributed by atoms with E-state index in [1.54, 1.807) is 0 Å². The van der Waals surface area contributed by atoms with Gasteiger partial charge in [-0.15, -0.1) is 5.10 Å². The summed E-state index contributed by atoms with van der Waals surface area (Å²) < 4.78 is 14.9. The normalized spacial score (nSPS) is 10.7. The SMILES string of the molecule is CCCCc1nc(F)nn1C(=O)n1cncn1. The minimum atomic E-state index is -0.912. The molecule has 0 bridgehead atoms. The van der Waals surface area contributed by atoms with E-state index < -0.39 is 12.1 Å². The monoisotopic (exact) mass is 238 g/mol. The van der Waals surface area contributed by atoms with Gasteiger partial charge in [0.25, 0.3) is 0 Å². The molecule has 0 aromatic carbocycles. The first-order chi connectivity index (χ1) is 8.22. The van der Waals surface area contributed by atoms with Gasteiger partial charge in [0.05, 0.1) is 0 Å². The average Bonchev–Trinajstić information content (AvgIpc) is 2.94. The fraction of sp³-hybridized carbons (Fsp3) is 0.444. The highest BCUT2D eigenvalue weighted by atomic mass is 19.1. The Labute approximate surface area is 96.3 Å². The minimum Gasteiger partial charge on any atom is -0.243 e. The van der Waals surface area contributed by atoms with Gasteiger partial charge in [0.2, 0.25) is 0 Å². The van der Waals surface area contributed by atoms with Gasteiger partial charge >= 0.3 is 12.1 Å². The van der Waals surface area contributed by atoms with E-state index in [2.05, 4.69) is 20.2 Å². The summed E-state index contributed by atoms with van der Waals surface area (Å²) in [6, 6.07) is -0.593. The first-order valence-corrected chi connectivity index (χ1v) is 5.23. The second-order valence-electron chi connectivity index (χ2n) is 3.44. The van der Waals surface area contributed by atoms with E-state index in [-0.39, 0.29) is 0 Å². The summed E-state index contributed by atoms with van der Waals surface area (Å²) in [6.07, 6.45) is 3.76. The molecule has 8 heteroatoms. The zero-order valence-electron chi connectivity index (χ0n) is 9.25. The van der Waals surface area contributed by atoms with Gasteiger partial charge in [-0.2, -0.15) is 23.8 Å². The van der Waals surface area contributed by atoms with Crippen LogP contribution in [0.2, 0.25) is 0 Å². The number of aromatic nitrogens is 6. The molecular weight excluding hydrogens is 227 g/mol. The highest BCUT2D eigenvalue weighted by molar-refractivity contribution is 5.77. The van der Waals surface area contributed by atoms with E-state index in [0.29, 0.717) is 12.2 Å². The van der Waals surface area contributed by atoms with Crippen molar-refractivity contribution in [2.75, 3.05) is 0 Å². The summed E-state index contributed by atoms with van der Waals surface area (Å²) in [5.41, 5.74) is 0. The van der Waals surface area contributed by atoms with Gasteiger partial charge in [-0.05, 0) is 6.42 Å². The van der Waals surface area contributed by atoms with E-state index in [4.69, 9.17) is 0 Å². The second kappa shape index (κ2) is 4.81. The fourth-order valence-corrected chi connectivity index (χ4v) is 1.37. The van der Waals surface area contributed by atoms with E-state index in [0.717, 1.165) is 22.2 Å². The molecule has 0 N–H and O–H groups in total. The van der Waals surface area contributed by atoms with Crippen LogP contribution in [0.5, 0.6) is 0 Å². The van der Waals surface area contributed by atoms with E-state index in [1.807, 2.05) is 6.92 Å². The molecule has 0 aliphatic rings. The molecule has 0 spiro atoms. The van der Waals surface area contributed by atoms with E-state index in [1.165, 1.54) is 12.7 Å². The number of unbranched alkanes of at least 4 members (excludes halogenated alkanes) is 1. The maximum absolute atomic E-state index is 13.0. The molecule has 0 saturated heterocycles. The number of rotatable bonds is 3. The van der Waals surface area contributed by atoms with Crippen LogP contribution in [-0.2, 0) is 6.42 Å². The molecule has 0 atom stereocenters. The Hall–Kier alpha value is -2.12. The summed E-state index contributed by atoms with van der Waals surface area (Å²) in [6.45, 7) is 2.00. The van der Waals surface area contributed by atoms with Crippen molar-refractivity contribution in [3.8, 4) is 0 Å². The maximum atomic E-state index is 13.0. The van der Waals surface area contributed by atoms with Crippen LogP contribution < -0.4 is 0 Å². The second-order valence-corrected chi connectivity index (χ2v) is 3.44. The summed E-state index contributed by atoms with van der Waals surface area (Å²) in [4.78, 5) is 19.1. The zero-order valence-corrected chi connectivity index (χ0v) is 9.25. The van der Waals surface area contributed by atoms with Crippen molar-refractivity contribution in [1.82, 2.24) is 29.5 Å². The largest absolute Gasteiger partial charge is 0.372 e. The Balaban J connectivity index is 2.28. The van der Waals surface area contributed by atoms with Gasteiger partial charge < -0.3 is 0 Å². The van der Waals surface area contributed by atoms with Gasteiger partial charge in [0, 0.05) is 6.42 Å². The number of halogens is 1. The average molecular weight is 238 g/mol. The van der Waals surface area contributed by atoms with Crippen molar-refractivity contribution in [3.63, 3.8) is 0 Å². The molecule has 0 saturated carbocycles. The van der Waals surface area contributed by atoms with Crippen molar-refractivity contribution in [2.24, 2.45) is 0 Å². The minimum absolute atomic E-state index is 0.296. The van der Waals surface area contributed by atoms with Crippen LogP contribution in [0.1, 0.15) is 25.6 Å². The van der Waals surface area contributed by atoms with Gasteiger partial charge in [-0.3, -0.25) is 0 Å². The molecule has 0 radical (unpaired) electrons. The molecule has 2 aromatic heterocycles. The lowest BCUT2D eigenvalue weighted by Crippen LogP contribution is -2.23. The molecule has 0 amide bonds. The van der Waals surface area contributed by atoms with Gasteiger partial charge in [0.1, 0.15) is 18.5 Å². The third kappa shape index (κ3) is 2.35. The number of aryl methyl sites for hydroxylation is 1. The summed E-state index contributed by atoms with van der Waals surface area (Å²) in [7, 11) is 0. The van der Waals surface area contributed by atoms with Crippen LogP contribution in [0.4, 0.5) is 9.18 Å². The molecular formula is C9H11FN6O. The summed E-state index contributed by atoms with van der Waals surface area (Å²) in [5, 5.41) is 7.09. The standard InChI is InChI=1S/C9H11FN6O/c1-2-3-4-7-13-8(10)14-16(7)9(17)15-6-11-5-12-15/h5-6H,2-4H2,1H3. The van der Waals surface area contributed by atoms with Crippen molar-refractivity contribution in [2.45, 2.75) is 26.2 Å². The Kier molecular flexibility index (Phi) is 3.22. The molecule has 0 fully saturated rings. The van der Waals surface area contributed by atoms with Crippen molar-refractivity contribution in [1.29, 1.82) is 0 Å². The van der Waals surface area contributed by atoms with Gasteiger partial charge in [0.15, 0.2) is 0 Å². The fourth-order valence-electron chi connectivity index (χ4n) is 1.37. The molecule has 2 rings (SSSR count). The topological polar surface area (TPSA) is 78.5 Å². The third-order valence-electron chi connectivity index (χ3n) is 2.20. The van der Waals surface area contributed by atoms with Crippen molar-refractivity contribution in [3.05, 3.63) is 24.6 Å². The molecule has 7 nitrogen and oxygen atoms in total. The molecule has 0 aliphatic heterocycles. The molecule has 2 aromatic rings. The summed E-state index contributed by atoms with van der Waals surface area (Å²) in [5.74, 6) is 0.296. The van der Waals surface area contributed by atoms with E-state index in [9.17, 15) is 9.18 Å². The quantitative estimate of drug-likeness (QED) is 0.792. The number of carbonyl (C=O) groups is 1. The lowest BCUT2D eigenvalue weighted by molar-refractivity contribution is 0.236.